The van der Waals surface area contributed by atoms with E-state index in [4.69, 9.17) is 23.2 Å². The van der Waals surface area contributed by atoms with Gasteiger partial charge >= 0.3 is 0 Å². The SMILES string of the molecule is CCn1ncc(Cl)c1C(NC)c1cccc(Br)c1Cl. The number of nitrogens with zero attached hydrogens (tertiary/aromatic N) is 2. The van der Waals surface area contributed by atoms with Crippen molar-refractivity contribution in [3.05, 3.63) is 50.2 Å². The number of benzene rings is 1. The van der Waals surface area contributed by atoms with Crippen LogP contribution in [0.3, 0.4) is 0 Å². The van der Waals surface area contributed by atoms with E-state index >= 15 is 0 Å². The molecule has 0 bridgehead atoms. The van der Waals surface area contributed by atoms with Crippen LogP contribution in [0.1, 0.15) is 24.2 Å². The minimum Gasteiger partial charge on any atom is -0.308 e. The molecule has 1 N–H and O–H groups in total. The summed E-state index contributed by atoms with van der Waals surface area (Å²) in [6.07, 6.45) is 1.66. The Balaban J connectivity index is 2.56. The van der Waals surface area contributed by atoms with Gasteiger partial charge in [-0.25, -0.2) is 0 Å². The zero-order valence-corrected chi connectivity index (χ0v) is 13.7. The van der Waals surface area contributed by atoms with Crippen LogP contribution in [0.5, 0.6) is 0 Å². The van der Waals surface area contributed by atoms with Crippen molar-refractivity contribution >= 4 is 39.1 Å². The van der Waals surface area contributed by atoms with Crippen molar-refractivity contribution in [1.29, 1.82) is 0 Å². The average Bonchev–Trinajstić information content (AvgIpc) is 2.77. The minimum atomic E-state index is -0.0973. The van der Waals surface area contributed by atoms with Gasteiger partial charge in [0.05, 0.1) is 28.0 Å². The third-order valence-corrected chi connectivity index (χ3v) is 4.59. The summed E-state index contributed by atoms with van der Waals surface area (Å²) < 4.78 is 2.74. The van der Waals surface area contributed by atoms with Gasteiger partial charge < -0.3 is 5.32 Å². The van der Waals surface area contributed by atoms with E-state index in [2.05, 4.69) is 26.3 Å². The Kier molecular flexibility index (Phi) is 4.90. The summed E-state index contributed by atoms with van der Waals surface area (Å²) in [6.45, 7) is 2.79. The molecule has 19 heavy (non-hydrogen) atoms. The van der Waals surface area contributed by atoms with E-state index in [0.717, 1.165) is 22.3 Å². The predicted molar refractivity (Wildman–Crippen MR) is 83.0 cm³/mol. The first kappa shape index (κ1) is 14.9. The molecule has 2 rings (SSSR count). The highest BCUT2D eigenvalue weighted by atomic mass is 79.9. The lowest BCUT2D eigenvalue weighted by molar-refractivity contribution is 0.563. The number of nitrogens with one attached hydrogen (secondary N) is 1. The Bertz CT molecular complexity index is 583. The van der Waals surface area contributed by atoms with Crippen LogP contribution in [0.4, 0.5) is 0 Å². The van der Waals surface area contributed by atoms with Crippen LogP contribution in [0.15, 0.2) is 28.9 Å². The first-order chi connectivity index (χ1) is 9.10. The smallest absolute Gasteiger partial charge is 0.0837 e. The van der Waals surface area contributed by atoms with E-state index in [9.17, 15) is 0 Å². The van der Waals surface area contributed by atoms with Crippen molar-refractivity contribution in [1.82, 2.24) is 15.1 Å². The molecule has 6 heteroatoms. The lowest BCUT2D eigenvalue weighted by Crippen LogP contribution is -2.22. The van der Waals surface area contributed by atoms with E-state index in [-0.39, 0.29) is 6.04 Å². The molecular weight excluding hydrogens is 349 g/mol. The monoisotopic (exact) mass is 361 g/mol. The van der Waals surface area contributed by atoms with Crippen LogP contribution in [0.25, 0.3) is 0 Å². The maximum absolute atomic E-state index is 6.37. The van der Waals surface area contributed by atoms with Crippen LogP contribution in [-0.2, 0) is 6.54 Å². The Morgan fingerprint density at radius 2 is 2.16 bits per heavy atom. The molecule has 0 spiro atoms. The molecule has 1 aromatic heterocycles. The van der Waals surface area contributed by atoms with Crippen LogP contribution in [0, 0.1) is 0 Å². The Morgan fingerprint density at radius 1 is 1.42 bits per heavy atom. The molecule has 1 heterocycles. The fourth-order valence-corrected chi connectivity index (χ4v) is 2.96. The highest BCUT2D eigenvalue weighted by Crippen LogP contribution is 2.35. The van der Waals surface area contributed by atoms with Gasteiger partial charge in [-0.15, -0.1) is 0 Å². The first-order valence-corrected chi connectivity index (χ1v) is 7.47. The molecule has 0 fully saturated rings. The molecular formula is C13H14BrCl2N3. The quantitative estimate of drug-likeness (QED) is 0.879. The number of halogens is 3. The van der Waals surface area contributed by atoms with Gasteiger partial charge in [-0.3, -0.25) is 4.68 Å². The summed E-state index contributed by atoms with van der Waals surface area (Å²) in [5.41, 5.74) is 1.89. The minimum absolute atomic E-state index is 0.0973. The predicted octanol–water partition coefficient (Wildman–Crippen LogP) is 4.28. The van der Waals surface area contributed by atoms with Gasteiger partial charge in [0.15, 0.2) is 0 Å². The Labute approximate surface area is 131 Å². The Hall–Kier alpha value is -0.550. The average molecular weight is 363 g/mol. The van der Waals surface area contributed by atoms with Crippen molar-refractivity contribution in [2.24, 2.45) is 0 Å². The first-order valence-electron chi connectivity index (χ1n) is 5.92. The maximum Gasteiger partial charge on any atom is 0.0837 e. The van der Waals surface area contributed by atoms with Gasteiger partial charge in [0.2, 0.25) is 0 Å². The topological polar surface area (TPSA) is 29.9 Å². The fourth-order valence-electron chi connectivity index (χ4n) is 2.09. The summed E-state index contributed by atoms with van der Waals surface area (Å²) in [4.78, 5) is 0. The van der Waals surface area contributed by atoms with Gasteiger partial charge in [0.25, 0.3) is 0 Å². The summed E-state index contributed by atoms with van der Waals surface area (Å²) >= 11 is 16.1. The van der Waals surface area contributed by atoms with Gasteiger partial charge in [-0.05, 0) is 41.5 Å². The van der Waals surface area contributed by atoms with E-state index in [1.807, 2.05) is 36.9 Å². The van der Waals surface area contributed by atoms with Crippen molar-refractivity contribution in [3.63, 3.8) is 0 Å². The molecule has 102 valence electrons. The fraction of sp³-hybridized carbons (Fsp3) is 0.308. The summed E-state index contributed by atoms with van der Waals surface area (Å²) in [5.74, 6) is 0. The maximum atomic E-state index is 6.37. The second-order valence-electron chi connectivity index (χ2n) is 4.06. The van der Waals surface area contributed by atoms with Gasteiger partial charge in [-0.1, -0.05) is 35.3 Å². The summed E-state index contributed by atoms with van der Waals surface area (Å²) in [7, 11) is 1.88. The summed E-state index contributed by atoms with van der Waals surface area (Å²) in [5, 5.41) is 8.84. The lowest BCUT2D eigenvalue weighted by Gasteiger charge is -2.20. The second-order valence-corrected chi connectivity index (χ2v) is 5.70. The van der Waals surface area contributed by atoms with Crippen molar-refractivity contribution in [2.75, 3.05) is 7.05 Å². The molecule has 2 aromatic rings. The number of aryl methyl sites for hydroxylation is 1. The largest absolute Gasteiger partial charge is 0.308 e. The standard InChI is InChI=1S/C13H14BrCl2N3/c1-3-19-13(10(15)7-18-19)12(17-2)8-5-4-6-9(14)11(8)16/h4-7,12,17H,3H2,1-2H3. The normalized spacial score (nSPS) is 12.7. The molecule has 0 saturated carbocycles. The van der Waals surface area contributed by atoms with Gasteiger partial charge in [0, 0.05) is 11.0 Å². The number of hydrogen-bond donors (Lipinski definition) is 1. The third kappa shape index (κ3) is 2.82. The number of aromatic nitrogens is 2. The Morgan fingerprint density at radius 3 is 2.79 bits per heavy atom. The second kappa shape index (κ2) is 6.27. The van der Waals surface area contributed by atoms with Crippen molar-refractivity contribution in [3.8, 4) is 0 Å². The molecule has 0 aliphatic rings. The van der Waals surface area contributed by atoms with Gasteiger partial charge in [-0.2, -0.15) is 5.10 Å². The highest BCUT2D eigenvalue weighted by Gasteiger charge is 2.23. The zero-order chi connectivity index (χ0) is 14.0. The molecule has 0 aliphatic heterocycles. The molecule has 0 amide bonds. The van der Waals surface area contributed by atoms with E-state index < -0.39 is 0 Å². The lowest BCUT2D eigenvalue weighted by atomic mass is 10.0. The molecule has 0 saturated heterocycles. The highest BCUT2D eigenvalue weighted by molar-refractivity contribution is 9.10. The third-order valence-electron chi connectivity index (χ3n) is 2.99. The number of rotatable bonds is 4. The van der Waals surface area contributed by atoms with Crippen LogP contribution in [0.2, 0.25) is 10.0 Å². The van der Waals surface area contributed by atoms with Crippen molar-refractivity contribution in [2.45, 2.75) is 19.5 Å². The van der Waals surface area contributed by atoms with Crippen LogP contribution < -0.4 is 5.32 Å². The van der Waals surface area contributed by atoms with Crippen LogP contribution >= 0.6 is 39.1 Å². The zero-order valence-electron chi connectivity index (χ0n) is 10.6. The number of hydrogen-bond acceptors (Lipinski definition) is 2. The van der Waals surface area contributed by atoms with Crippen LogP contribution in [-0.4, -0.2) is 16.8 Å². The van der Waals surface area contributed by atoms with E-state index in [1.54, 1.807) is 6.20 Å². The molecule has 0 aliphatic carbocycles. The molecule has 1 aromatic carbocycles. The van der Waals surface area contributed by atoms with Gasteiger partial charge in [0.1, 0.15) is 0 Å². The molecule has 1 atom stereocenters. The van der Waals surface area contributed by atoms with E-state index in [1.165, 1.54) is 0 Å². The van der Waals surface area contributed by atoms with Crippen molar-refractivity contribution < 1.29 is 0 Å². The molecule has 1 unspecified atom stereocenters. The van der Waals surface area contributed by atoms with E-state index in [0.29, 0.717) is 10.0 Å². The molecule has 0 radical (unpaired) electrons. The molecule has 3 nitrogen and oxygen atoms in total. The summed E-state index contributed by atoms with van der Waals surface area (Å²) in [6, 6.07) is 5.75.